The summed E-state index contributed by atoms with van der Waals surface area (Å²) >= 11 is 1.67. The Kier molecular flexibility index (Phi) is 5.41. The second kappa shape index (κ2) is 7.28. The van der Waals surface area contributed by atoms with Gasteiger partial charge in [0.1, 0.15) is 5.76 Å². The van der Waals surface area contributed by atoms with Gasteiger partial charge in [0.05, 0.1) is 18.8 Å². The summed E-state index contributed by atoms with van der Waals surface area (Å²) in [6.07, 6.45) is 1.61. The monoisotopic (exact) mass is 307 g/mol. The molecule has 21 heavy (non-hydrogen) atoms. The quantitative estimate of drug-likeness (QED) is 0.893. The average molecular weight is 307 g/mol. The number of hydrogen-bond donors (Lipinski definition) is 1. The molecule has 1 N–H and O–H groups in total. The molecule has 2 rings (SSSR count). The molecule has 2 amide bonds. The van der Waals surface area contributed by atoms with Crippen molar-refractivity contribution in [2.45, 2.75) is 12.6 Å². The summed E-state index contributed by atoms with van der Waals surface area (Å²) in [6.45, 7) is 1.04. The number of hydrogen-bond acceptors (Lipinski definition) is 4. The minimum absolute atomic E-state index is 0.103. The number of carbonyl (C=O) groups excluding carboxylic acids is 1. The van der Waals surface area contributed by atoms with E-state index in [0.29, 0.717) is 13.1 Å². The van der Waals surface area contributed by atoms with Crippen LogP contribution in [0.1, 0.15) is 17.4 Å². The minimum atomic E-state index is -0.103. The maximum absolute atomic E-state index is 12.1. The zero-order valence-corrected chi connectivity index (χ0v) is 13.4. The molecular weight excluding hydrogens is 286 g/mol. The summed E-state index contributed by atoms with van der Waals surface area (Å²) in [5, 5.41) is 7.14. The number of rotatable bonds is 6. The summed E-state index contributed by atoms with van der Waals surface area (Å²) in [6, 6.07) is 5.84. The standard InChI is InChI=1S/C15H21N3O2S/c1-17(2)14(12-6-8-21-11-12)9-16-15(19)18(3)10-13-5-4-7-20-13/h4-8,11,14H,9-10H2,1-3H3,(H,16,19). The van der Waals surface area contributed by atoms with E-state index in [1.54, 1.807) is 29.5 Å². The Bertz CT molecular complexity index is 537. The predicted octanol–water partition coefficient (Wildman–Crippen LogP) is 2.79. The van der Waals surface area contributed by atoms with E-state index in [9.17, 15) is 4.79 Å². The first-order valence-corrected chi connectivity index (χ1v) is 7.72. The molecule has 1 unspecified atom stereocenters. The Morgan fingerprint density at radius 2 is 2.19 bits per heavy atom. The van der Waals surface area contributed by atoms with Crippen molar-refractivity contribution in [3.8, 4) is 0 Å². The fourth-order valence-electron chi connectivity index (χ4n) is 2.09. The van der Waals surface area contributed by atoms with E-state index >= 15 is 0 Å². The van der Waals surface area contributed by atoms with E-state index in [1.165, 1.54) is 5.56 Å². The Labute approximate surface area is 129 Å². The molecule has 2 aromatic heterocycles. The lowest BCUT2D eigenvalue weighted by Crippen LogP contribution is -2.41. The number of thiophene rings is 1. The number of nitrogens with one attached hydrogen (secondary N) is 1. The van der Waals surface area contributed by atoms with Gasteiger partial charge in [0.2, 0.25) is 0 Å². The molecule has 0 radical (unpaired) electrons. The third kappa shape index (κ3) is 4.34. The van der Waals surface area contributed by atoms with Gasteiger partial charge < -0.3 is 19.5 Å². The van der Waals surface area contributed by atoms with Crippen molar-refractivity contribution < 1.29 is 9.21 Å². The first-order chi connectivity index (χ1) is 10.1. The number of carbonyl (C=O) groups is 1. The highest BCUT2D eigenvalue weighted by Crippen LogP contribution is 2.20. The summed E-state index contributed by atoms with van der Waals surface area (Å²) in [5.74, 6) is 0.773. The Morgan fingerprint density at radius 1 is 1.38 bits per heavy atom. The molecule has 0 saturated carbocycles. The van der Waals surface area contributed by atoms with Crippen molar-refractivity contribution in [2.75, 3.05) is 27.7 Å². The van der Waals surface area contributed by atoms with Gasteiger partial charge in [-0.15, -0.1) is 0 Å². The van der Waals surface area contributed by atoms with Crippen LogP contribution in [0.4, 0.5) is 4.79 Å². The van der Waals surface area contributed by atoms with E-state index < -0.39 is 0 Å². The van der Waals surface area contributed by atoms with Crippen molar-refractivity contribution in [1.82, 2.24) is 15.1 Å². The fourth-order valence-corrected chi connectivity index (χ4v) is 2.80. The molecule has 2 heterocycles. The third-order valence-corrected chi connectivity index (χ3v) is 4.02. The number of amides is 2. The third-order valence-electron chi connectivity index (χ3n) is 3.32. The summed E-state index contributed by atoms with van der Waals surface area (Å²) < 4.78 is 5.25. The molecule has 1 atom stereocenters. The molecule has 2 aromatic rings. The van der Waals surface area contributed by atoms with Gasteiger partial charge in [-0.2, -0.15) is 11.3 Å². The van der Waals surface area contributed by atoms with Gasteiger partial charge in [-0.25, -0.2) is 4.79 Å². The first kappa shape index (κ1) is 15.6. The lowest BCUT2D eigenvalue weighted by molar-refractivity contribution is 0.197. The number of urea groups is 1. The molecule has 0 aliphatic carbocycles. The highest BCUT2D eigenvalue weighted by Gasteiger charge is 2.17. The van der Waals surface area contributed by atoms with Crippen molar-refractivity contribution in [1.29, 1.82) is 0 Å². The smallest absolute Gasteiger partial charge is 0.317 e. The van der Waals surface area contributed by atoms with Crippen LogP contribution in [0.2, 0.25) is 0 Å². The molecule has 0 fully saturated rings. The van der Waals surface area contributed by atoms with Gasteiger partial charge in [-0.1, -0.05) is 0 Å². The van der Waals surface area contributed by atoms with Gasteiger partial charge in [0.25, 0.3) is 0 Å². The number of likely N-dealkylation sites (N-methyl/N-ethyl adjacent to an activating group) is 1. The normalized spacial score (nSPS) is 12.4. The lowest BCUT2D eigenvalue weighted by Gasteiger charge is -2.25. The van der Waals surface area contributed by atoms with Crippen molar-refractivity contribution in [2.24, 2.45) is 0 Å². The lowest BCUT2D eigenvalue weighted by atomic mass is 10.1. The molecule has 0 aromatic carbocycles. The largest absolute Gasteiger partial charge is 0.467 e. The van der Waals surface area contributed by atoms with Crippen molar-refractivity contribution in [3.05, 3.63) is 46.5 Å². The molecular formula is C15H21N3O2S. The molecule has 0 saturated heterocycles. The SMILES string of the molecule is CN(Cc1ccco1)C(=O)NCC(c1ccsc1)N(C)C. The predicted molar refractivity (Wildman–Crippen MR) is 84.3 cm³/mol. The van der Waals surface area contributed by atoms with Gasteiger partial charge in [-0.3, -0.25) is 0 Å². The fraction of sp³-hybridized carbons (Fsp3) is 0.400. The van der Waals surface area contributed by atoms with Crippen LogP contribution in [0.5, 0.6) is 0 Å². The second-order valence-electron chi connectivity index (χ2n) is 5.16. The van der Waals surface area contributed by atoms with Crippen LogP contribution >= 0.6 is 11.3 Å². The van der Waals surface area contributed by atoms with E-state index in [-0.39, 0.29) is 12.1 Å². The minimum Gasteiger partial charge on any atom is -0.467 e. The van der Waals surface area contributed by atoms with Crippen LogP contribution in [0.15, 0.2) is 39.6 Å². The molecule has 0 aliphatic rings. The Balaban J connectivity index is 1.87. The molecule has 114 valence electrons. The first-order valence-electron chi connectivity index (χ1n) is 6.78. The average Bonchev–Trinajstić information content (AvgIpc) is 3.11. The van der Waals surface area contributed by atoms with E-state index in [0.717, 1.165) is 5.76 Å². The zero-order chi connectivity index (χ0) is 15.2. The van der Waals surface area contributed by atoms with Crippen LogP contribution in [0, 0.1) is 0 Å². The van der Waals surface area contributed by atoms with E-state index in [4.69, 9.17) is 4.42 Å². The number of furan rings is 1. The van der Waals surface area contributed by atoms with Crippen LogP contribution in [-0.2, 0) is 6.54 Å². The Hall–Kier alpha value is -1.79. The van der Waals surface area contributed by atoms with Gasteiger partial charge in [0, 0.05) is 13.6 Å². The summed E-state index contributed by atoms with van der Waals surface area (Å²) in [5.41, 5.74) is 1.22. The topological polar surface area (TPSA) is 48.7 Å². The van der Waals surface area contributed by atoms with Crippen molar-refractivity contribution in [3.63, 3.8) is 0 Å². The molecule has 6 heteroatoms. The zero-order valence-electron chi connectivity index (χ0n) is 12.6. The summed E-state index contributed by atoms with van der Waals surface area (Å²) in [4.78, 5) is 15.8. The molecule has 5 nitrogen and oxygen atoms in total. The van der Waals surface area contributed by atoms with Gasteiger partial charge in [0.15, 0.2) is 0 Å². The van der Waals surface area contributed by atoms with Crippen molar-refractivity contribution >= 4 is 17.4 Å². The van der Waals surface area contributed by atoms with Crippen LogP contribution in [-0.4, -0.2) is 43.5 Å². The Morgan fingerprint density at radius 3 is 2.76 bits per heavy atom. The van der Waals surface area contributed by atoms with Crippen LogP contribution in [0.25, 0.3) is 0 Å². The maximum atomic E-state index is 12.1. The van der Waals surface area contributed by atoms with Gasteiger partial charge in [-0.05, 0) is 48.6 Å². The number of nitrogens with zero attached hydrogens (tertiary/aromatic N) is 2. The molecule has 0 bridgehead atoms. The van der Waals surface area contributed by atoms with Crippen LogP contribution in [0.3, 0.4) is 0 Å². The van der Waals surface area contributed by atoms with Gasteiger partial charge >= 0.3 is 6.03 Å². The van der Waals surface area contributed by atoms with Crippen LogP contribution < -0.4 is 5.32 Å². The van der Waals surface area contributed by atoms with E-state index in [1.807, 2.05) is 26.2 Å². The summed E-state index contributed by atoms with van der Waals surface area (Å²) in [7, 11) is 5.79. The highest BCUT2D eigenvalue weighted by molar-refractivity contribution is 7.07. The molecule has 0 aliphatic heterocycles. The molecule has 0 spiro atoms. The van der Waals surface area contributed by atoms with E-state index in [2.05, 4.69) is 27.0 Å². The second-order valence-corrected chi connectivity index (χ2v) is 5.94. The highest BCUT2D eigenvalue weighted by atomic mass is 32.1. The maximum Gasteiger partial charge on any atom is 0.317 e.